The number of carbonyl (C=O) groups excluding carboxylic acids is 1. The molecule has 3 nitrogen and oxygen atoms in total. The van der Waals surface area contributed by atoms with E-state index in [1.54, 1.807) is 0 Å². The van der Waals surface area contributed by atoms with Crippen molar-refractivity contribution < 1.29 is 9.53 Å². The number of rotatable bonds is 5. The quantitative estimate of drug-likeness (QED) is 0.699. The third-order valence-electron chi connectivity index (χ3n) is 3.06. The molecule has 0 aliphatic heterocycles. The fraction of sp³-hybridized carbons (Fsp3) is 0.235. The lowest BCUT2D eigenvalue weighted by Crippen LogP contribution is -2.20. The largest absolute Gasteiger partial charge is 0.483 e. The Hall–Kier alpha value is -1.33. The van der Waals surface area contributed by atoms with Gasteiger partial charge in [0.05, 0.1) is 0 Å². The molecule has 116 valence electrons. The van der Waals surface area contributed by atoms with Crippen LogP contribution in [0.1, 0.15) is 25.3 Å². The lowest BCUT2D eigenvalue weighted by molar-refractivity contribution is -0.118. The molecule has 2 rings (SSSR count). The van der Waals surface area contributed by atoms with Gasteiger partial charge < -0.3 is 10.1 Å². The van der Waals surface area contributed by atoms with Crippen LogP contribution in [0.5, 0.6) is 5.75 Å². The highest BCUT2D eigenvalue weighted by atomic mass is 79.9. The van der Waals surface area contributed by atoms with Crippen molar-refractivity contribution in [2.45, 2.75) is 19.8 Å². The van der Waals surface area contributed by atoms with Crippen LogP contribution in [0.25, 0.3) is 0 Å². The second-order valence-corrected chi connectivity index (χ2v) is 7.02. The number of nitrogens with one attached hydrogen (secondary N) is 1. The van der Waals surface area contributed by atoms with Gasteiger partial charge in [-0.2, -0.15) is 0 Å². The SMILES string of the molecule is CC(C)c1cc(Br)ccc1OCC(=O)Nc1cccc(Br)c1. The van der Waals surface area contributed by atoms with Gasteiger partial charge >= 0.3 is 0 Å². The Morgan fingerprint density at radius 1 is 1.14 bits per heavy atom. The third kappa shape index (κ3) is 4.85. The van der Waals surface area contributed by atoms with Crippen LogP contribution >= 0.6 is 31.9 Å². The molecule has 0 spiro atoms. The summed E-state index contributed by atoms with van der Waals surface area (Å²) in [4.78, 5) is 12.0. The van der Waals surface area contributed by atoms with Gasteiger partial charge in [0, 0.05) is 14.6 Å². The average Bonchev–Trinajstić information content (AvgIpc) is 2.45. The van der Waals surface area contributed by atoms with Crippen LogP contribution in [0.4, 0.5) is 5.69 Å². The maximum atomic E-state index is 12.0. The van der Waals surface area contributed by atoms with Crippen LogP contribution in [0, 0.1) is 0 Å². The number of carbonyl (C=O) groups is 1. The van der Waals surface area contributed by atoms with E-state index in [2.05, 4.69) is 51.0 Å². The molecule has 0 aliphatic rings. The van der Waals surface area contributed by atoms with Crippen LogP contribution < -0.4 is 10.1 Å². The highest BCUT2D eigenvalue weighted by Gasteiger charge is 2.11. The summed E-state index contributed by atoms with van der Waals surface area (Å²) in [6.45, 7) is 4.17. The fourth-order valence-electron chi connectivity index (χ4n) is 2.01. The van der Waals surface area contributed by atoms with E-state index in [-0.39, 0.29) is 12.5 Å². The maximum absolute atomic E-state index is 12.0. The molecular formula is C17H17Br2NO2. The Bertz CT molecular complexity index is 671. The molecule has 22 heavy (non-hydrogen) atoms. The van der Waals surface area contributed by atoms with E-state index in [1.807, 2.05) is 42.5 Å². The normalized spacial score (nSPS) is 10.6. The van der Waals surface area contributed by atoms with Gasteiger partial charge in [0.25, 0.3) is 5.91 Å². The van der Waals surface area contributed by atoms with Crippen molar-refractivity contribution >= 4 is 43.5 Å². The second-order valence-electron chi connectivity index (χ2n) is 5.18. The molecule has 1 amide bonds. The highest BCUT2D eigenvalue weighted by molar-refractivity contribution is 9.10. The van der Waals surface area contributed by atoms with Gasteiger partial charge in [0.15, 0.2) is 6.61 Å². The monoisotopic (exact) mass is 425 g/mol. The zero-order valence-electron chi connectivity index (χ0n) is 12.4. The van der Waals surface area contributed by atoms with Crippen molar-refractivity contribution in [2.24, 2.45) is 0 Å². The van der Waals surface area contributed by atoms with Gasteiger partial charge in [0.2, 0.25) is 0 Å². The van der Waals surface area contributed by atoms with E-state index in [0.29, 0.717) is 5.92 Å². The van der Waals surface area contributed by atoms with E-state index < -0.39 is 0 Å². The van der Waals surface area contributed by atoms with Gasteiger partial charge in [-0.1, -0.05) is 51.8 Å². The molecule has 0 radical (unpaired) electrons. The summed E-state index contributed by atoms with van der Waals surface area (Å²) in [6, 6.07) is 13.3. The smallest absolute Gasteiger partial charge is 0.262 e. The van der Waals surface area contributed by atoms with Crippen molar-refractivity contribution in [3.8, 4) is 5.75 Å². The number of anilines is 1. The number of ether oxygens (including phenoxy) is 1. The molecule has 0 unspecified atom stereocenters. The number of amides is 1. The summed E-state index contributed by atoms with van der Waals surface area (Å²) in [5.41, 5.74) is 1.81. The minimum absolute atomic E-state index is 0.0200. The van der Waals surface area contributed by atoms with Gasteiger partial charge in [0.1, 0.15) is 5.75 Å². The summed E-state index contributed by atoms with van der Waals surface area (Å²) in [5, 5.41) is 2.81. The van der Waals surface area contributed by atoms with Crippen molar-refractivity contribution in [1.29, 1.82) is 0 Å². The fourth-order valence-corrected chi connectivity index (χ4v) is 2.79. The van der Waals surface area contributed by atoms with Gasteiger partial charge in [-0.25, -0.2) is 0 Å². The maximum Gasteiger partial charge on any atom is 0.262 e. The first kappa shape index (κ1) is 17.0. The van der Waals surface area contributed by atoms with Crippen LogP contribution in [-0.2, 0) is 4.79 Å². The van der Waals surface area contributed by atoms with E-state index in [0.717, 1.165) is 25.9 Å². The Balaban J connectivity index is 1.99. The first-order valence-corrected chi connectivity index (χ1v) is 8.52. The van der Waals surface area contributed by atoms with Crippen LogP contribution in [-0.4, -0.2) is 12.5 Å². The number of hydrogen-bond acceptors (Lipinski definition) is 2. The predicted octanol–water partition coefficient (Wildman–Crippen LogP) is 5.35. The minimum atomic E-state index is -0.185. The first-order chi connectivity index (χ1) is 10.5. The van der Waals surface area contributed by atoms with Crippen LogP contribution in [0.15, 0.2) is 51.4 Å². The Morgan fingerprint density at radius 2 is 1.86 bits per heavy atom. The zero-order chi connectivity index (χ0) is 16.1. The molecule has 0 heterocycles. The summed E-state index contributed by atoms with van der Waals surface area (Å²) in [7, 11) is 0. The van der Waals surface area contributed by atoms with Gasteiger partial charge in [-0.3, -0.25) is 4.79 Å². The Morgan fingerprint density at radius 3 is 2.55 bits per heavy atom. The Kier molecular flexibility index (Phi) is 6.03. The predicted molar refractivity (Wildman–Crippen MR) is 96.5 cm³/mol. The minimum Gasteiger partial charge on any atom is -0.483 e. The number of hydrogen-bond donors (Lipinski definition) is 1. The molecule has 0 bridgehead atoms. The van der Waals surface area contributed by atoms with E-state index in [9.17, 15) is 4.79 Å². The average molecular weight is 427 g/mol. The molecule has 5 heteroatoms. The lowest BCUT2D eigenvalue weighted by Gasteiger charge is -2.14. The molecule has 0 saturated heterocycles. The van der Waals surface area contributed by atoms with Gasteiger partial charge in [-0.15, -0.1) is 0 Å². The molecule has 1 N–H and O–H groups in total. The van der Waals surface area contributed by atoms with Crippen molar-refractivity contribution in [2.75, 3.05) is 11.9 Å². The lowest BCUT2D eigenvalue weighted by atomic mass is 10.0. The molecule has 0 aromatic heterocycles. The van der Waals surface area contributed by atoms with E-state index in [1.165, 1.54) is 0 Å². The molecule has 2 aromatic rings. The summed E-state index contributed by atoms with van der Waals surface area (Å²) < 4.78 is 7.59. The van der Waals surface area contributed by atoms with Crippen molar-refractivity contribution in [1.82, 2.24) is 0 Å². The van der Waals surface area contributed by atoms with Crippen molar-refractivity contribution in [3.05, 3.63) is 57.0 Å². The summed E-state index contributed by atoms with van der Waals surface area (Å²) in [5.74, 6) is 0.874. The first-order valence-electron chi connectivity index (χ1n) is 6.93. The van der Waals surface area contributed by atoms with E-state index in [4.69, 9.17) is 4.74 Å². The van der Waals surface area contributed by atoms with E-state index >= 15 is 0 Å². The number of benzene rings is 2. The topological polar surface area (TPSA) is 38.3 Å². The Labute approximate surface area is 147 Å². The molecule has 0 saturated carbocycles. The molecule has 2 aromatic carbocycles. The molecule has 0 atom stereocenters. The van der Waals surface area contributed by atoms with Crippen molar-refractivity contribution in [3.63, 3.8) is 0 Å². The molecule has 0 fully saturated rings. The van der Waals surface area contributed by atoms with Crippen LogP contribution in [0.3, 0.4) is 0 Å². The molecule has 0 aliphatic carbocycles. The second kappa shape index (κ2) is 7.79. The summed E-state index contributed by atoms with van der Waals surface area (Å²) in [6.07, 6.45) is 0. The van der Waals surface area contributed by atoms with Gasteiger partial charge in [-0.05, 0) is 47.9 Å². The number of halogens is 2. The summed E-state index contributed by atoms with van der Waals surface area (Å²) >= 11 is 6.83. The highest BCUT2D eigenvalue weighted by Crippen LogP contribution is 2.29. The molecular weight excluding hydrogens is 410 g/mol. The van der Waals surface area contributed by atoms with Crippen LogP contribution in [0.2, 0.25) is 0 Å². The zero-order valence-corrected chi connectivity index (χ0v) is 15.6. The third-order valence-corrected chi connectivity index (χ3v) is 4.05. The standard InChI is InChI=1S/C17H17Br2NO2/c1-11(2)15-9-13(19)6-7-16(15)22-10-17(21)20-14-5-3-4-12(18)8-14/h3-9,11H,10H2,1-2H3,(H,20,21).